The molecule has 0 saturated carbocycles. The van der Waals surface area contributed by atoms with Crippen LogP contribution in [0.2, 0.25) is 0 Å². The standard InChI is InChI=1S/C20H21NO5/c1-12-16-9-14(23-2)7-8-17(16)26-19(12)20(22)21-11-13-5-6-15(24-3)10-18(13)25-4/h5-10H,11H2,1-4H3,(H,21,22). The minimum atomic E-state index is -0.282. The van der Waals surface area contributed by atoms with Crippen LogP contribution in [0.25, 0.3) is 11.0 Å². The second kappa shape index (κ2) is 7.39. The second-order valence-electron chi connectivity index (χ2n) is 5.78. The van der Waals surface area contributed by atoms with E-state index in [0.717, 1.165) is 22.3 Å². The van der Waals surface area contributed by atoms with Crippen molar-refractivity contribution in [3.05, 3.63) is 53.3 Å². The molecule has 0 aliphatic carbocycles. The Morgan fingerprint density at radius 3 is 2.38 bits per heavy atom. The summed E-state index contributed by atoms with van der Waals surface area (Å²) in [5.41, 5.74) is 2.27. The summed E-state index contributed by atoms with van der Waals surface area (Å²) >= 11 is 0. The average Bonchev–Trinajstić information content (AvgIpc) is 3.01. The van der Waals surface area contributed by atoms with Gasteiger partial charge in [0.05, 0.1) is 21.3 Å². The number of hydrogen-bond acceptors (Lipinski definition) is 5. The van der Waals surface area contributed by atoms with E-state index >= 15 is 0 Å². The van der Waals surface area contributed by atoms with E-state index in [9.17, 15) is 4.79 Å². The summed E-state index contributed by atoms with van der Waals surface area (Å²) in [4.78, 5) is 12.6. The van der Waals surface area contributed by atoms with E-state index in [4.69, 9.17) is 18.6 Å². The van der Waals surface area contributed by atoms with Crippen LogP contribution < -0.4 is 19.5 Å². The van der Waals surface area contributed by atoms with Crippen LogP contribution in [0.5, 0.6) is 17.2 Å². The number of furan rings is 1. The average molecular weight is 355 g/mol. The van der Waals surface area contributed by atoms with Gasteiger partial charge < -0.3 is 23.9 Å². The molecule has 1 amide bonds. The van der Waals surface area contributed by atoms with Crippen molar-refractivity contribution < 1.29 is 23.4 Å². The number of methoxy groups -OCH3 is 3. The molecular formula is C20H21NO5. The van der Waals surface area contributed by atoms with Crippen LogP contribution >= 0.6 is 0 Å². The summed E-state index contributed by atoms with van der Waals surface area (Å²) in [5, 5.41) is 3.73. The lowest BCUT2D eigenvalue weighted by atomic mass is 10.1. The van der Waals surface area contributed by atoms with Crippen LogP contribution in [0, 0.1) is 6.92 Å². The zero-order valence-electron chi connectivity index (χ0n) is 15.2. The monoisotopic (exact) mass is 355 g/mol. The molecule has 2 aromatic carbocycles. The number of rotatable bonds is 6. The van der Waals surface area contributed by atoms with Gasteiger partial charge in [-0.3, -0.25) is 4.79 Å². The van der Waals surface area contributed by atoms with Crippen LogP contribution in [0.4, 0.5) is 0 Å². The highest BCUT2D eigenvalue weighted by Crippen LogP contribution is 2.29. The molecule has 0 unspecified atom stereocenters. The minimum absolute atomic E-state index is 0.282. The van der Waals surface area contributed by atoms with Crippen molar-refractivity contribution in [2.45, 2.75) is 13.5 Å². The lowest BCUT2D eigenvalue weighted by Crippen LogP contribution is -2.23. The normalized spacial score (nSPS) is 10.6. The Morgan fingerprint density at radius 2 is 1.69 bits per heavy atom. The summed E-state index contributed by atoms with van der Waals surface area (Å²) in [6.45, 7) is 2.17. The molecule has 0 atom stereocenters. The first-order valence-electron chi connectivity index (χ1n) is 8.13. The Bertz CT molecular complexity index is 945. The van der Waals surface area contributed by atoms with Crippen molar-refractivity contribution in [3.8, 4) is 17.2 Å². The molecule has 1 N–H and O–H groups in total. The van der Waals surface area contributed by atoms with Gasteiger partial charge >= 0.3 is 0 Å². The van der Waals surface area contributed by atoms with Crippen molar-refractivity contribution in [2.24, 2.45) is 0 Å². The first kappa shape index (κ1) is 17.7. The Morgan fingerprint density at radius 1 is 1.00 bits per heavy atom. The van der Waals surface area contributed by atoms with Gasteiger partial charge in [0.1, 0.15) is 22.8 Å². The third-order valence-electron chi connectivity index (χ3n) is 4.28. The van der Waals surface area contributed by atoms with Crippen LogP contribution in [0.1, 0.15) is 21.7 Å². The zero-order chi connectivity index (χ0) is 18.7. The second-order valence-corrected chi connectivity index (χ2v) is 5.78. The molecule has 6 nitrogen and oxygen atoms in total. The highest BCUT2D eigenvalue weighted by molar-refractivity contribution is 5.99. The smallest absolute Gasteiger partial charge is 0.287 e. The topological polar surface area (TPSA) is 69.9 Å². The van der Waals surface area contributed by atoms with Gasteiger partial charge in [-0.1, -0.05) is 0 Å². The van der Waals surface area contributed by atoms with Crippen LogP contribution in [-0.2, 0) is 6.54 Å². The number of ether oxygens (including phenoxy) is 3. The predicted molar refractivity (Wildman–Crippen MR) is 98.2 cm³/mol. The van der Waals surface area contributed by atoms with Crippen molar-refractivity contribution in [1.82, 2.24) is 5.32 Å². The molecule has 3 rings (SSSR count). The maximum Gasteiger partial charge on any atom is 0.287 e. The van der Waals surface area contributed by atoms with E-state index in [-0.39, 0.29) is 5.91 Å². The molecule has 136 valence electrons. The molecular weight excluding hydrogens is 334 g/mol. The van der Waals surface area contributed by atoms with E-state index < -0.39 is 0 Å². The van der Waals surface area contributed by atoms with Gasteiger partial charge in [-0.2, -0.15) is 0 Å². The SMILES string of the molecule is COc1ccc(CNC(=O)c2oc3ccc(OC)cc3c2C)c(OC)c1. The number of hydrogen-bond donors (Lipinski definition) is 1. The van der Waals surface area contributed by atoms with Gasteiger partial charge in [-0.05, 0) is 37.3 Å². The summed E-state index contributed by atoms with van der Waals surface area (Å²) < 4.78 is 21.5. The summed E-state index contributed by atoms with van der Waals surface area (Å²) in [6, 6.07) is 10.9. The number of aryl methyl sites for hydroxylation is 1. The zero-order valence-corrected chi connectivity index (χ0v) is 15.2. The van der Waals surface area contributed by atoms with Crippen molar-refractivity contribution in [3.63, 3.8) is 0 Å². The highest BCUT2D eigenvalue weighted by atomic mass is 16.5. The van der Waals surface area contributed by atoms with E-state index in [1.54, 1.807) is 39.5 Å². The maximum absolute atomic E-state index is 12.6. The molecule has 1 aromatic heterocycles. The van der Waals surface area contributed by atoms with Gasteiger partial charge in [-0.15, -0.1) is 0 Å². The lowest BCUT2D eigenvalue weighted by molar-refractivity contribution is 0.0924. The molecule has 0 fully saturated rings. The van der Waals surface area contributed by atoms with Crippen LogP contribution in [0.3, 0.4) is 0 Å². The number of benzene rings is 2. The van der Waals surface area contributed by atoms with E-state index in [0.29, 0.717) is 29.4 Å². The number of fused-ring (bicyclic) bond motifs is 1. The van der Waals surface area contributed by atoms with Crippen molar-refractivity contribution in [1.29, 1.82) is 0 Å². The molecule has 0 bridgehead atoms. The molecule has 3 aromatic rings. The predicted octanol–water partition coefficient (Wildman–Crippen LogP) is 3.70. The van der Waals surface area contributed by atoms with E-state index in [1.807, 2.05) is 25.1 Å². The Balaban J connectivity index is 1.80. The van der Waals surface area contributed by atoms with Crippen molar-refractivity contribution in [2.75, 3.05) is 21.3 Å². The highest BCUT2D eigenvalue weighted by Gasteiger charge is 2.18. The van der Waals surface area contributed by atoms with Gasteiger partial charge in [0.15, 0.2) is 5.76 Å². The molecule has 0 spiro atoms. The number of carbonyl (C=O) groups is 1. The van der Waals surface area contributed by atoms with Crippen molar-refractivity contribution >= 4 is 16.9 Å². The number of nitrogens with one attached hydrogen (secondary N) is 1. The molecule has 26 heavy (non-hydrogen) atoms. The lowest BCUT2D eigenvalue weighted by Gasteiger charge is -2.11. The van der Waals surface area contributed by atoms with Gasteiger partial charge in [0.2, 0.25) is 0 Å². The number of carbonyl (C=O) groups excluding carboxylic acids is 1. The Labute approximate surface area is 151 Å². The quantitative estimate of drug-likeness (QED) is 0.730. The first-order valence-corrected chi connectivity index (χ1v) is 8.13. The molecule has 0 aliphatic heterocycles. The van der Waals surface area contributed by atoms with Gasteiger partial charge in [-0.25, -0.2) is 0 Å². The van der Waals surface area contributed by atoms with Gasteiger partial charge in [0, 0.05) is 29.1 Å². The van der Waals surface area contributed by atoms with Crippen LogP contribution in [0.15, 0.2) is 40.8 Å². The maximum atomic E-state index is 12.6. The fraction of sp³-hybridized carbons (Fsp3) is 0.250. The summed E-state index contributed by atoms with van der Waals surface area (Å²) in [6.07, 6.45) is 0. The third kappa shape index (κ3) is 3.31. The fourth-order valence-corrected chi connectivity index (χ4v) is 2.80. The first-order chi connectivity index (χ1) is 12.6. The minimum Gasteiger partial charge on any atom is -0.497 e. The fourth-order valence-electron chi connectivity index (χ4n) is 2.80. The largest absolute Gasteiger partial charge is 0.497 e. The van der Waals surface area contributed by atoms with E-state index in [2.05, 4.69) is 5.32 Å². The van der Waals surface area contributed by atoms with Gasteiger partial charge in [0.25, 0.3) is 5.91 Å². The van der Waals surface area contributed by atoms with E-state index in [1.165, 1.54) is 0 Å². The molecule has 6 heteroatoms. The summed E-state index contributed by atoms with van der Waals surface area (Å²) in [7, 11) is 4.78. The molecule has 1 heterocycles. The third-order valence-corrected chi connectivity index (χ3v) is 4.28. The molecule has 0 aliphatic rings. The molecule has 0 radical (unpaired) electrons. The Hall–Kier alpha value is -3.15. The Kier molecular flexibility index (Phi) is 5.02. The van der Waals surface area contributed by atoms with Crippen LogP contribution in [-0.4, -0.2) is 27.2 Å². The number of amides is 1. The molecule has 0 saturated heterocycles. The summed E-state index contributed by atoms with van der Waals surface area (Å²) in [5.74, 6) is 2.07.